The first-order valence-electron chi connectivity index (χ1n) is 7.72. The zero-order chi connectivity index (χ0) is 16.2. The smallest absolute Gasteiger partial charge is 0.233 e. The van der Waals surface area contributed by atoms with Crippen molar-refractivity contribution < 1.29 is 4.79 Å². The molecule has 0 atom stereocenters. The Morgan fingerprint density at radius 1 is 1.30 bits per heavy atom. The molecule has 0 unspecified atom stereocenters. The first kappa shape index (κ1) is 16.7. The summed E-state index contributed by atoms with van der Waals surface area (Å²) in [6, 6.07) is 8.04. The molecule has 4 nitrogen and oxygen atoms in total. The predicted octanol–water partition coefficient (Wildman–Crippen LogP) is 4.08. The van der Waals surface area contributed by atoms with Crippen LogP contribution in [0.5, 0.6) is 0 Å². The van der Waals surface area contributed by atoms with Crippen LogP contribution in [0.4, 0.5) is 0 Å². The first-order valence-corrected chi connectivity index (χ1v) is 9.93. The summed E-state index contributed by atoms with van der Waals surface area (Å²) in [6.07, 6.45) is 3.48. The van der Waals surface area contributed by atoms with E-state index in [0.29, 0.717) is 9.71 Å². The number of hydrogen-bond acceptors (Lipinski definition) is 5. The van der Waals surface area contributed by atoms with Crippen molar-refractivity contribution in [2.24, 2.45) is 0 Å². The van der Waals surface area contributed by atoms with E-state index in [-0.39, 0.29) is 5.91 Å². The van der Waals surface area contributed by atoms with E-state index in [0.717, 1.165) is 41.5 Å². The highest BCUT2D eigenvalue weighted by Crippen LogP contribution is 2.25. The van der Waals surface area contributed by atoms with E-state index in [1.807, 2.05) is 36.1 Å². The van der Waals surface area contributed by atoms with Crippen LogP contribution in [-0.2, 0) is 4.79 Å². The number of nitrogens with zero attached hydrogens (tertiary/aromatic N) is 3. The van der Waals surface area contributed by atoms with E-state index >= 15 is 0 Å². The van der Waals surface area contributed by atoms with Crippen LogP contribution < -0.4 is 0 Å². The molecule has 1 aliphatic rings. The molecule has 0 radical (unpaired) electrons. The van der Waals surface area contributed by atoms with Crippen molar-refractivity contribution in [2.45, 2.75) is 30.5 Å². The highest BCUT2D eigenvalue weighted by molar-refractivity contribution is 8.01. The van der Waals surface area contributed by atoms with Crippen LogP contribution in [0.1, 0.15) is 24.8 Å². The van der Waals surface area contributed by atoms with Crippen LogP contribution in [0.2, 0.25) is 0 Å². The molecule has 2 heterocycles. The molecule has 0 bridgehead atoms. The molecule has 0 spiro atoms. The minimum absolute atomic E-state index is 0.207. The average molecular weight is 366 g/mol. The number of para-hydroxylation sites is 1. The lowest BCUT2D eigenvalue weighted by molar-refractivity contribution is -0.129. The zero-order valence-electron chi connectivity index (χ0n) is 13.0. The minimum atomic E-state index is 0.207. The van der Waals surface area contributed by atoms with Crippen molar-refractivity contribution in [3.63, 3.8) is 0 Å². The monoisotopic (exact) mass is 365 g/mol. The summed E-state index contributed by atoms with van der Waals surface area (Å²) in [5, 5.41) is 4.58. The van der Waals surface area contributed by atoms with Gasteiger partial charge in [0.05, 0.1) is 11.4 Å². The minimum Gasteiger partial charge on any atom is -0.342 e. The van der Waals surface area contributed by atoms with Gasteiger partial charge in [0.1, 0.15) is 0 Å². The van der Waals surface area contributed by atoms with Gasteiger partial charge >= 0.3 is 0 Å². The Bertz CT molecular complexity index is 747. The van der Waals surface area contributed by atoms with Gasteiger partial charge in [0.15, 0.2) is 8.29 Å². The SMILES string of the molecule is Cc1ccccc1-n1nc(SCC(=O)N2CCCCC2)sc1=S. The van der Waals surface area contributed by atoms with E-state index in [9.17, 15) is 4.79 Å². The maximum absolute atomic E-state index is 12.2. The van der Waals surface area contributed by atoms with Gasteiger partial charge in [-0.2, -0.15) is 0 Å². The Morgan fingerprint density at radius 2 is 2.04 bits per heavy atom. The average Bonchev–Trinajstić information content (AvgIpc) is 2.94. The number of hydrogen-bond donors (Lipinski definition) is 0. The standard InChI is InChI=1S/C16H19N3OS3/c1-12-7-3-4-8-13(12)19-16(21)23-15(17-19)22-11-14(20)18-9-5-2-6-10-18/h3-4,7-8H,2,5-6,9-11H2,1H3. The van der Waals surface area contributed by atoms with Gasteiger partial charge < -0.3 is 4.90 Å². The molecule has 3 rings (SSSR count). The molecular formula is C16H19N3OS3. The van der Waals surface area contributed by atoms with E-state index in [1.165, 1.54) is 29.5 Å². The first-order chi connectivity index (χ1) is 11.1. The van der Waals surface area contributed by atoms with Crippen LogP contribution in [0.3, 0.4) is 0 Å². The van der Waals surface area contributed by atoms with Crippen LogP contribution in [0.15, 0.2) is 28.6 Å². The fourth-order valence-electron chi connectivity index (χ4n) is 2.63. The summed E-state index contributed by atoms with van der Waals surface area (Å²) in [5.74, 6) is 0.647. The molecule has 1 aromatic heterocycles. The number of aromatic nitrogens is 2. The lowest BCUT2D eigenvalue weighted by Crippen LogP contribution is -2.36. The Labute approximate surface area is 149 Å². The fourth-order valence-corrected chi connectivity index (χ4v) is 4.88. The fraction of sp³-hybridized carbons (Fsp3) is 0.438. The second kappa shape index (κ2) is 7.59. The summed E-state index contributed by atoms with van der Waals surface area (Å²) in [6.45, 7) is 3.84. The van der Waals surface area contributed by atoms with Crippen LogP contribution >= 0.6 is 35.3 Å². The number of rotatable bonds is 4. The summed E-state index contributed by atoms with van der Waals surface area (Å²) < 4.78 is 3.36. The molecule has 0 N–H and O–H groups in total. The second-order valence-electron chi connectivity index (χ2n) is 5.56. The van der Waals surface area contributed by atoms with Crippen LogP contribution in [0, 0.1) is 10.9 Å². The predicted molar refractivity (Wildman–Crippen MR) is 98.2 cm³/mol. The maximum atomic E-state index is 12.2. The Hall–Kier alpha value is -1.18. The van der Waals surface area contributed by atoms with Crippen molar-refractivity contribution in [3.8, 4) is 5.69 Å². The number of carbonyl (C=O) groups excluding carboxylic acids is 1. The Balaban J connectivity index is 1.68. The molecule has 23 heavy (non-hydrogen) atoms. The molecule has 0 saturated carbocycles. The number of aryl methyl sites for hydroxylation is 1. The quantitative estimate of drug-likeness (QED) is 0.604. The third kappa shape index (κ3) is 4.02. The number of thioether (sulfide) groups is 1. The summed E-state index contributed by atoms with van der Waals surface area (Å²) in [7, 11) is 0. The highest BCUT2D eigenvalue weighted by atomic mass is 32.2. The van der Waals surface area contributed by atoms with Crippen molar-refractivity contribution >= 4 is 41.2 Å². The largest absolute Gasteiger partial charge is 0.342 e. The molecule has 1 amide bonds. The van der Waals surface area contributed by atoms with Crippen LogP contribution in [-0.4, -0.2) is 39.4 Å². The summed E-state index contributed by atoms with van der Waals surface area (Å²) in [4.78, 5) is 14.2. The maximum Gasteiger partial charge on any atom is 0.233 e. The van der Waals surface area contributed by atoms with Gasteiger partial charge in [0.2, 0.25) is 5.91 Å². The van der Waals surface area contributed by atoms with Gasteiger partial charge in [-0.25, -0.2) is 4.68 Å². The Kier molecular flexibility index (Phi) is 5.50. The molecule has 1 aliphatic heterocycles. The van der Waals surface area contributed by atoms with E-state index < -0.39 is 0 Å². The summed E-state index contributed by atoms with van der Waals surface area (Å²) >= 11 is 8.38. The lowest BCUT2D eigenvalue weighted by Gasteiger charge is -2.26. The second-order valence-corrected chi connectivity index (χ2v) is 8.41. The van der Waals surface area contributed by atoms with Gasteiger partial charge in [-0.3, -0.25) is 4.79 Å². The third-order valence-electron chi connectivity index (χ3n) is 3.90. The number of carbonyl (C=O) groups is 1. The molecule has 1 saturated heterocycles. The van der Waals surface area contributed by atoms with Crippen molar-refractivity contribution in [2.75, 3.05) is 18.8 Å². The molecule has 2 aromatic rings. The topological polar surface area (TPSA) is 38.1 Å². The van der Waals surface area contributed by atoms with Crippen molar-refractivity contribution in [1.29, 1.82) is 0 Å². The molecular weight excluding hydrogens is 346 g/mol. The van der Waals surface area contributed by atoms with E-state index in [2.05, 4.69) is 5.10 Å². The van der Waals surface area contributed by atoms with E-state index in [1.54, 1.807) is 4.68 Å². The van der Waals surface area contributed by atoms with Crippen molar-refractivity contribution in [1.82, 2.24) is 14.7 Å². The normalized spacial score (nSPS) is 14.9. The van der Waals surface area contributed by atoms with Gasteiger partial charge in [-0.15, -0.1) is 5.10 Å². The molecule has 0 aliphatic carbocycles. The number of likely N-dealkylation sites (tertiary alicyclic amines) is 1. The number of piperidine rings is 1. The van der Waals surface area contributed by atoms with E-state index in [4.69, 9.17) is 12.2 Å². The van der Waals surface area contributed by atoms with Gasteiger partial charge in [-0.1, -0.05) is 41.3 Å². The van der Waals surface area contributed by atoms with Gasteiger partial charge in [0, 0.05) is 13.1 Å². The highest BCUT2D eigenvalue weighted by Gasteiger charge is 2.17. The molecule has 122 valence electrons. The number of benzene rings is 1. The molecule has 1 aromatic carbocycles. The number of amides is 1. The molecule has 1 fully saturated rings. The van der Waals surface area contributed by atoms with Gasteiger partial charge in [-0.05, 0) is 50.0 Å². The van der Waals surface area contributed by atoms with Crippen molar-refractivity contribution in [3.05, 3.63) is 33.8 Å². The lowest BCUT2D eigenvalue weighted by atomic mass is 10.1. The summed E-state index contributed by atoms with van der Waals surface area (Å²) in [5.41, 5.74) is 2.14. The molecule has 7 heteroatoms. The zero-order valence-corrected chi connectivity index (χ0v) is 15.5. The van der Waals surface area contributed by atoms with Crippen LogP contribution in [0.25, 0.3) is 5.69 Å². The van der Waals surface area contributed by atoms with Gasteiger partial charge in [0.25, 0.3) is 0 Å². The third-order valence-corrected chi connectivity index (χ3v) is 6.25. The Morgan fingerprint density at radius 3 is 2.78 bits per heavy atom.